The number of benzene rings is 1. The van der Waals surface area contributed by atoms with E-state index < -0.39 is 11.9 Å². The van der Waals surface area contributed by atoms with Crippen molar-refractivity contribution in [1.82, 2.24) is 5.32 Å². The van der Waals surface area contributed by atoms with Crippen LogP contribution in [0.3, 0.4) is 0 Å². The molecule has 0 aliphatic heterocycles. The molecule has 4 heteroatoms. The maximum Gasteiger partial charge on any atom is 0.307 e. The Labute approximate surface area is 111 Å². The lowest BCUT2D eigenvalue weighted by Crippen LogP contribution is -2.47. The van der Waals surface area contributed by atoms with Gasteiger partial charge in [-0.15, -0.1) is 0 Å². The van der Waals surface area contributed by atoms with Crippen molar-refractivity contribution >= 4 is 11.9 Å². The van der Waals surface area contributed by atoms with Crippen molar-refractivity contribution in [2.45, 2.75) is 31.2 Å². The quantitative estimate of drug-likeness (QED) is 0.868. The first-order valence-electron chi connectivity index (χ1n) is 6.73. The van der Waals surface area contributed by atoms with E-state index >= 15 is 0 Å². The minimum absolute atomic E-state index is 0.0972. The van der Waals surface area contributed by atoms with Crippen molar-refractivity contribution in [2.75, 3.05) is 0 Å². The van der Waals surface area contributed by atoms with E-state index in [-0.39, 0.29) is 17.4 Å². The van der Waals surface area contributed by atoms with Crippen molar-refractivity contribution in [3.63, 3.8) is 0 Å². The van der Waals surface area contributed by atoms with Gasteiger partial charge in [-0.05, 0) is 31.2 Å². The number of carboxylic acid groups (broad SMARTS) is 1. The number of amides is 1. The van der Waals surface area contributed by atoms with E-state index in [1.807, 2.05) is 30.3 Å². The summed E-state index contributed by atoms with van der Waals surface area (Å²) in [4.78, 5) is 23.2. The highest BCUT2D eigenvalue weighted by Gasteiger charge is 2.49. The van der Waals surface area contributed by atoms with E-state index in [1.54, 1.807) is 0 Å². The Kier molecular flexibility index (Phi) is 2.81. The summed E-state index contributed by atoms with van der Waals surface area (Å²) in [5.41, 5.74) is 0.881. The Bertz CT molecular complexity index is 507. The fraction of sp³-hybridized carbons (Fsp3) is 0.467. The molecule has 1 amide bonds. The molecule has 2 aliphatic rings. The number of hydrogen-bond acceptors (Lipinski definition) is 2. The molecule has 0 spiro atoms. The minimum Gasteiger partial charge on any atom is -0.481 e. The molecular formula is C15H17NO3. The molecule has 0 saturated heterocycles. The van der Waals surface area contributed by atoms with Crippen LogP contribution in [0.2, 0.25) is 0 Å². The Morgan fingerprint density at radius 3 is 2.21 bits per heavy atom. The van der Waals surface area contributed by atoms with Crippen molar-refractivity contribution in [1.29, 1.82) is 0 Å². The first-order chi connectivity index (χ1) is 9.12. The molecule has 2 saturated carbocycles. The summed E-state index contributed by atoms with van der Waals surface area (Å²) in [5, 5.41) is 12.1. The van der Waals surface area contributed by atoms with Gasteiger partial charge in [-0.3, -0.25) is 9.59 Å². The molecule has 4 nitrogen and oxygen atoms in total. The van der Waals surface area contributed by atoms with Gasteiger partial charge in [0.05, 0.1) is 17.4 Å². The summed E-state index contributed by atoms with van der Waals surface area (Å²) in [7, 11) is 0. The zero-order chi connectivity index (χ0) is 13.5. The Morgan fingerprint density at radius 2 is 1.74 bits per heavy atom. The molecule has 2 N–H and O–H groups in total. The third-order valence-corrected chi connectivity index (χ3v) is 4.37. The summed E-state index contributed by atoms with van der Waals surface area (Å²) in [6.07, 6.45) is 3.18. The molecule has 19 heavy (non-hydrogen) atoms. The normalized spacial score (nSPS) is 27.2. The summed E-state index contributed by atoms with van der Waals surface area (Å²) in [6, 6.07) is 9.91. The van der Waals surface area contributed by atoms with Crippen molar-refractivity contribution in [2.24, 2.45) is 11.8 Å². The molecular weight excluding hydrogens is 242 g/mol. The molecule has 2 fully saturated rings. The zero-order valence-corrected chi connectivity index (χ0v) is 10.6. The second-order valence-electron chi connectivity index (χ2n) is 5.57. The Balaban J connectivity index is 1.69. The summed E-state index contributed by atoms with van der Waals surface area (Å²) in [5.74, 6) is -1.79. The van der Waals surface area contributed by atoms with Crippen LogP contribution in [0, 0.1) is 11.8 Å². The van der Waals surface area contributed by atoms with Crippen molar-refractivity contribution in [3.05, 3.63) is 35.9 Å². The maximum absolute atomic E-state index is 12.2. The highest BCUT2D eigenvalue weighted by atomic mass is 16.4. The van der Waals surface area contributed by atoms with Crippen molar-refractivity contribution in [3.8, 4) is 0 Å². The van der Waals surface area contributed by atoms with Gasteiger partial charge in [0, 0.05) is 0 Å². The van der Waals surface area contributed by atoms with E-state index in [1.165, 1.54) is 0 Å². The number of aliphatic carboxylic acids is 1. The number of carbonyl (C=O) groups excluding carboxylic acids is 1. The van der Waals surface area contributed by atoms with Crippen LogP contribution in [0.15, 0.2) is 30.3 Å². The van der Waals surface area contributed by atoms with Gasteiger partial charge in [0.25, 0.3) is 0 Å². The molecule has 2 aliphatic carbocycles. The van der Waals surface area contributed by atoms with Crippen molar-refractivity contribution < 1.29 is 14.7 Å². The van der Waals surface area contributed by atoms with Crippen LogP contribution in [0.5, 0.6) is 0 Å². The summed E-state index contributed by atoms with van der Waals surface area (Å²) in [6.45, 7) is 0. The smallest absolute Gasteiger partial charge is 0.307 e. The van der Waals surface area contributed by atoms with Crippen LogP contribution < -0.4 is 5.32 Å². The van der Waals surface area contributed by atoms with Gasteiger partial charge in [0.15, 0.2) is 0 Å². The molecule has 1 aromatic carbocycles. The molecule has 100 valence electrons. The average Bonchev–Trinajstić information content (AvgIpc) is 3.08. The largest absolute Gasteiger partial charge is 0.481 e. The highest BCUT2D eigenvalue weighted by Crippen LogP contribution is 2.46. The Morgan fingerprint density at radius 1 is 1.11 bits per heavy atom. The monoisotopic (exact) mass is 259 g/mol. The van der Waals surface area contributed by atoms with Crippen LogP contribution in [-0.4, -0.2) is 17.0 Å². The van der Waals surface area contributed by atoms with Gasteiger partial charge in [0.1, 0.15) is 0 Å². The maximum atomic E-state index is 12.2. The number of carbonyl (C=O) groups is 2. The third-order valence-electron chi connectivity index (χ3n) is 4.37. The van der Waals surface area contributed by atoms with Gasteiger partial charge in [-0.1, -0.05) is 30.3 Å². The molecule has 0 aromatic heterocycles. The molecule has 0 heterocycles. The summed E-state index contributed by atoms with van der Waals surface area (Å²) >= 11 is 0. The first-order valence-corrected chi connectivity index (χ1v) is 6.73. The SMILES string of the molecule is O=C(O)C1CCC1C(=O)NC1(c2ccccc2)CC1. The topological polar surface area (TPSA) is 66.4 Å². The van der Waals surface area contributed by atoms with Gasteiger partial charge < -0.3 is 10.4 Å². The van der Waals surface area contributed by atoms with Crippen LogP contribution >= 0.6 is 0 Å². The van der Waals surface area contributed by atoms with Gasteiger partial charge >= 0.3 is 5.97 Å². The third kappa shape index (κ3) is 2.11. The average molecular weight is 259 g/mol. The lowest BCUT2D eigenvalue weighted by molar-refractivity contribution is -0.153. The van der Waals surface area contributed by atoms with Gasteiger partial charge in [-0.2, -0.15) is 0 Å². The van der Waals surface area contributed by atoms with E-state index in [0.29, 0.717) is 12.8 Å². The number of hydrogen-bond donors (Lipinski definition) is 2. The van der Waals surface area contributed by atoms with Crippen LogP contribution in [0.4, 0.5) is 0 Å². The van der Waals surface area contributed by atoms with Crippen LogP contribution in [-0.2, 0) is 15.1 Å². The first kappa shape index (κ1) is 12.2. The zero-order valence-electron chi connectivity index (χ0n) is 10.6. The predicted octanol–water partition coefficient (Wildman–Crippen LogP) is 1.90. The van der Waals surface area contributed by atoms with E-state index in [0.717, 1.165) is 18.4 Å². The molecule has 2 atom stereocenters. The highest BCUT2D eigenvalue weighted by molar-refractivity contribution is 5.87. The van der Waals surface area contributed by atoms with Crippen LogP contribution in [0.25, 0.3) is 0 Å². The fourth-order valence-electron chi connectivity index (χ4n) is 2.81. The lowest BCUT2D eigenvalue weighted by atomic mass is 9.73. The second kappa shape index (κ2) is 4.37. The fourth-order valence-corrected chi connectivity index (χ4v) is 2.81. The van der Waals surface area contributed by atoms with Gasteiger partial charge in [0.2, 0.25) is 5.91 Å². The molecule has 1 aromatic rings. The van der Waals surface area contributed by atoms with E-state index in [9.17, 15) is 9.59 Å². The summed E-state index contributed by atoms with van der Waals surface area (Å²) < 4.78 is 0. The second-order valence-corrected chi connectivity index (χ2v) is 5.57. The standard InChI is InChI=1S/C15H17NO3/c17-13(11-6-7-12(11)14(18)19)16-15(8-9-15)10-4-2-1-3-5-10/h1-5,11-12H,6-9H2,(H,16,17)(H,18,19). The lowest BCUT2D eigenvalue weighted by Gasteiger charge is -2.33. The van der Waals surface area contributed by atoms with Crippen LogP contribution in [0.1, 0.15) is 31.2 Å². The predicted molar refractivity (Wildman–Crippen MR) is 69.3 cm³/mol. The minimum atomic E-state index is -0.851. The number of nitrogens with one attached hydrogen (secondary N) is 1. The van der Waals surface area contributed by atoms with Gasteiger partial charge in [-0.25, -0.2) is 0 Å². The molecule has 0 radical (unpaired) electrons. The molecule has 2 unspecified atom stereocenters. The van der Waals surface area contributed by atoms with E-state index in [4.69, 9.17) is 5.11 Å². The molecule has 0 bridgehead atoms. The van der Waals surface area contributed by atoms with E-state index in [2.05, 4.69) is 5.32 Å². The number of carboxylic acids is 1. The molecule has 3 rings (SSSR count). The number of rotatable bonds is 4. The Hall–Kier alpha value is -1.84.